The van der Waals surface area contributed by atoms with Crippen LogP contribution in [0.5, 0.6) is 0 Å². The molecule has 0 aliphatic carbocycles. The van der Waals surface area contributed by atoms with Crippen molar-refractivity contribution >= 4 is 11.9 Å². The van der Waals surface area contributed by atoms with Crippen LogP contribution in [0.25, 0.3) is 0 Å². The number of carboxylic acids is 1. The number of carbonyl (C=O) groups is 2. The van der Waals surface area contributed by atoms with E-state index in [0.29, 0.717) is 13.0 Å². The lowest BCUT2D eigenvalue weighted by atomic mass is 9.92. The van der Waals surface area contributed by atoms with Gasteiger partial charge in [-0.3, -0.25) is 4.79 Å². The van der Waals surface area contributed by atoms with E-state index in [1.807, 2.05) is 31.2 Å². The van der Waals surface area contributed by atoms with Crippen molar-refractivity contribution in [2.45, 2.75) is 38.4 Å². The van der Waals surface area contributed by atoms with Crippen LogP contribution < -0.4 is 5.32 Å². The maximum atomic E-state index is 12.7. The highest BCUT2D eigenvalue weighted by molar-refractivity contribution is 5.88. The lowest BCUT2D eigenvalue weighted by Crippen LogP contribution is -2.54. The smallest absolute Gasteiger partial charge is 0.326 e. The average molecular weight is 288 g/mol. The van der Waals surface area contributed by atoms with Crippen molar-refractivity contribution in [1.29, 1.82) is 0 Å². The molecule has 2 heterocycles. The third kappa shape index (κ3) is 2.53. The van der Waals surface area contributed by atoms with E-state index in [9.17, 15) is 14.7 Å². The quantitative estimate of drug-likeness (QED) is 0.852. The Hall–Kier alpha value is -1.88. The van der Waals surface area contributed by atoms with Crippen LogP contribution in [0.2, 0.25) is 0 Å². The molecule has 0 aromatic heterocycles. The van der Waals surface area contributed by atoms with Gasteiger partial charge in [0.25, 0.3) is 0 Å². The molecular formula is C16H20N2O3. The molecule has 1 fully saturated rings. The molecule has 5 heteroatoms. The minimum atomic E-state index is -0.927. The van der Waals surface area contributed by atoms with Crippen molar-refractivity contribution in [3.05, 3.63) is 35.4 Å². The molecule has 1 saturated heterocycles. The number of nitrogens with zero attached hydrogens (tertiary/aromatic N) is 1. The molecule has 5 nitrogen and oxygen atoms in total. The van der Waals surface area contributed by atoms with Crippen molar-refractivity contribution in [3.8, 4) is 0 Å². The van der Waals surface area contributed by atoms with E-state index < -0.39 is 12.0 Å². The summed E-state index contributed by atoms with van der Waals surface area (Å²) in [6, 6.07) is 6.75. The van der Waals surface area contributed by atoms with Gasteiger partial charge in [0.1, 0.15) is 6.04 Å². The Kier molecular flexibility index (Phi) is 3.68. The third-order valence-corrected chi connectivity index (χ3v) is 4.62. The fourth-order valence-electron chi connectivity index (χ4n) is 3.32. The van der Waals surface area contributed by atoms with Crippen LogP contribution in [0, 0.1) is 5.92 Å². The number of nitrogens with one attached hydrogen (secondary N) is 1. The minimum absolute atomic E-state index is 0.0816. The molecule has 1 aromatic carbocycles. The molecular weight excluding hydrogens is 268 g/mol. The Balaban J connectivity index is 1.89. The van der Waals surface area contributed by atoms with Gasteiger partial charge < -0.3 is 15.3 Å². The van der Waals surface area contributed by atoms with Crippen molar-refractivity contribution < 1.29 is 14.7 Å². The monoisotopic (exact) mass is 288 g/mol. The molecule has 2 N–H and O–H groups in total. The summed E-state index contributed by atoms with van der Waals surface area (Å²) in [5.41, 5.74) is 2.08. The zero-order valence-corrected chi connectivity index (χ0v) is 12.1. The van der Waals surface area contributed by atoms with Crippen molar-refractivity contribution in [1.82, 2.24) is 10.2 Å². The lowest BCUT2D eigenvalue weighted by molar-refractivity contribution is -0.152. The topological polar surface area (TPSA) is 69.6 Å². The molecule has 0 radical (unpaired) electrons. The molecule has 21 heavy (non-hydrogen) atoms. The normalized spacial score (nSPS) is 28.2. The largest absolute Gasteiger partial charge is 0.480 e. The van der Waals surface area contributed by atoms with Crippen molar-refractivity contribution in [2.75, 3.05) is 6.54 Å². The molecule has 3 rings (SSSR count). The van der Waals surface area contributed by atoms with Gasteiger partial charge in [0.2, 0.25) is 5.91 Å². The Morgan fingerprint density at radius 2 is 2.00 bits per heavy atom. The summed E-state index contributed by atoms with van der Waals surface area (Å²) < 4.78 is 0. The summed E-state index contributed by atoms with van der Waals surface area (Å²) in [4.78, 5) is 25.8. The highest BCUT2D eigenvalue weighted by Crippen LogP contribution is 2.26. The van der Waals surface area contributed by atoms with Gasteiger partial charge in [-0.2, -0.15) is 0 Å². The van der Waals surface area contributed by atoms with Crippen LogP contribution in [-0.4, -0.2) is 40.5 Å². The van der Waals surface area contributed by atoms with Crippen molar-refractivity contribution in [3.63, 3.8) is 0 Å². The van der Waals surface area contributed by atoms with E-state index in [-0.39, 0.29) is 17.9 Å². The van der Waals surface area contributed by atoms with Gasteiger partial charge in [-0.15, -0.1) is 0 Å². The Morgan fingerprint density at radius 1 is 1.29 bits per heavy atom. The summed E-state index contributed by atoms with van der Waals surface area (Å²) in [7, 11) is 0. The molecule has 1 aromatic rings. The predicted molar refractivity (Wildman–Crippen MR) is 77.7 cm³/mol. The average Bonchev–Trinajstić information content (AvgIpc) is 2.91. The van der Waals surface area contributed by atoms with Gasteiger partial charge in [0.05, 0.1) is 6.04 Å². The van der Waals surface area contributed by atoms with E-state index in [1.165, 1.54) is 4.90 Å². The van der Waals surface area contributed by atoms with E-state index >= 15 is 0 Å². The highest BCUT2D eigenvalue weighted by atomic mass is 16.4. The second-order valence-electron chi connectivity index (χ2n) is 5.99. The number of hydrogen-bond acceptors (Lipinski definition) is 3. The molecule has 0 bridgehead atoms. The lowest BCUT2D eigenvalue weighted by Gasteiger charge is -2.36. The van der Waals surface area contributed by atoms with Gasteiger partial charge in [-0.1, -0.05) is 31.2 Å². The standard InChI is InChI=1S/C16H20N2O3/c1-10-6-7-17-14(10)15(19)18-9-12-5-3-2-4-11(12)8-13(18)16(20)21/h2-5,10,13-14,17H,6-9H2,1H3,(H,20,21)/t10?,13-,14?/m0/s1. The molecule has 2 aliphatic heterocycles. The first-order chi connectivity index (χ1) is 10.1. The van der Waals surface area contributed by atoms with E-state index in [1.54, 1.807) is 0 Å². The Labute approximate surface area is 123 Å². The van der Waals surface area contributed by atoms with E-state index in [4.69, 9.17) is 0 Å². The molecule has 0 spiro atoms. The number of fused-ring (bicyclic) bond motifs is 1. The summed E-state index contributed by atoms with van der Waals surface area (Å²) in [6.07, 6.45) is 1.34. The maximum absolute atomic E-state index is 12.7. The maximum Gasteiger partial charge on any atom is 0.326 e. The third-order valence-electron chi connectivity index (χ3n) is 4.62. The number of hydrogen-bond donors (Lipinski definition) is 2. The Morgan fingerprint density at radius 3 is 2.62 bits per heavy atom. The van der Waals surface area contributed by atoms with Crippen LogP contribution in [0.15, 0.2) is 24.3 Å². The van der Waals surface area contributed by atoms with Crippen LogP contribution in [-0.2, 0) is 22.6 Å². The van der Waals surface area contributed by atoms with Crippen LogP contribution >= 0.6 is 0 Å². The SMILES string of the molecule is CC1CCNC1C(=O)N1Cc2ccccc2C[C@H]1C(=O)O. The summed E-state index contributed by atoms with van der Waals surface area (Å²) >= 11 is 0. The summed E-state index contributed by atoms with van der Waals surface area (Å²) in [5, 5.41) is 12.7. The number of aliphatic carboxylic acids is 1. The second kappa shape index (κ2) is 5.48. The van der Waals surface area contributed by atoms with Gasteiger partial charge >= 0.3 is 5.97 Å². The van der Waals surface area contributed by atoms with Gasteiger partial charge in [0, 0.05) is 13.0 Å². The zero-order valence-electron chi connectivity index (χ0n) is 12.1. The zero-order chi connectivity index (χ0) is 15.0. The summed E-state index contributed by atoms with van der Waals surface area (Å²) in [6.45, 7) is 3.24. The molecule has 2 unspecified atom stereocenters. The van der Waals surface area contributed by atoms with Gasteiger partial charge in [-0.05, 0) is 30.0 Å². The van der Waals surface area contributed by atoms with Crippen LogP contribution in [0.1, 0.15) is 24.5 Å². The van der Waals surface area contributed by atoms with Crippen molar-refractivity contribution in [2.24, 2.45) is 5.92 Å². The van der Waals surface area contributed by atoms with Gasteiger partial charge in [0.15, 0.2) is 0 Å². The first kappa shape index (κ1) is 14.1. The molecule has 0 saturated carbocycles. The van der Waals surface area contributed by atoms with Gasteiger partial charge in [-0.25, -0.2) is 4.79 Å². The van der Waals surface area contributed by atoms with Crippen LogP contribution in [0.4, 0.5) is 0 Å². The fourth-order valence-corrected chi connectivity index (χ4v) is 3.32. The number of amides is 1. The first-order valence-corrected chi connectivity index (χ1v) is 7.41. The van der Waals surface area contributed by atoms with E-state index in [2.05, 4.69) is 5.32 Å². The number of benzene rings is 1. The summed E-state index contributed by atoms with van der Waals surface area (Å²) in [5.74, 6) is -0.755. The fraction of sp³-hybridized carbons (Fsp3) is 0.500. The number of carboxylic acid groups (broad SMARTS) is 1. The molecule has 2 aliphatic rings. The van der Waals surface area contributed by atoms with E-state index in [0.717, 1.165) is 24.1 Å². The molecule has 3 atom stereocenters. The highest BCUT2D eigenvalue weighted by Gasteiger charge is 2.40. The predicted octanol–water partition coefficient (Wildman–Crippen LogP) is 1.02. The van der Waals surface area contributed by atoms with Crippen LogP contribution in [0.3, 0.4) is 0 Å². The second-order valence-corrected chi connectivity index (χ2v) is 5.99. The Bertz CT molecular complexity index is 572. The number of rotatable bonds is 2. The molecule has 1 amide bonds. The first-order valence-electron chi connectivity index (χ1n) is 7.41. The molecule has 112 valence electrons. The minimum Gasteiger partial charge on any atom is -0.480 e. The number of carbonyl (C=O) groups excluding carboxylic acids is 1.